The van der Waals surface area contributed by atoms with Gasteiger partial charge in [-0.2, -0.15) is 0 Å². The quantitative estimate of drug-likeness (QED) is 0.749. The highest BCUT2D eigenvalue weighted by Crippen LogP contribution is 2.28. The summed E-state index contributed by atoms with van der Waals surface area (Å²) in [7, 11) is -7.58. The molecule has 0 saturated carbocycles. The molecule has 1 unspecified atom stereocenters. The summed E-state index contributed by atoms with van der Waals surface area (Å²) in [6, 6.07) is 4.97. The van der Waals surface area contributed by atoms with Gasteiger partial charge in [0.15, 0.2) is 0 Å². The van der Waals surface area contributed by atoms with Gasteiger partial charge in [0.2, 0.25) is 26.0 Å². The van der Waals surface area contributed by atoms with Gasteiger partial charge >= 0.3 is 0 Å². The van der Waals surface area contributed by atoms with Crippen molar-refractivity contribution >= 4 is 31.6 Å². The molecule has 1 amide bonds. The van der Waals surface area contributed by atoms with Crippen LogP contribution in [0.15, 0.2) is 29.2 Å². The number of aliphatic hydroxyl groups is 1. The minimum absolute atomic E-state index is 0.0902. The molecule has 1 fully saturated rings. The van der Waals surface area contributed by atoms with E-state index in [0.717, 1.165) is 0 Å². The van der Waals surface area contributed by atoms with Crippen LogP contribution >= 0.6 is 0 Å². The van der Waals surface area contributed by atoms with Crippen LogP contribution in [0.25, 0.3) is 0 Å². The number of benzene rings is 1. The van der Waals surface area contributed by atoms with Crippen molar-refractivity contribution in [2.24, 2.45) is 5.92 Å². The summed E-state index contributed by atoms with van der Waals surface area (Å²) in [6.45, 7) is 4.28. The first-order valence-corrected chi connectivity index (χ1v) is 10.3. The minimum Gasteiger partial charge on any atom is -0.389 e. The Bertz CT molecular complexity index is 838. The molecule has 0 aliphatic carbocycles. The molecule has 8 nitrogen and oxygen atoms in total. The van der Waals surface area contributed by atoms with Gasteiger partial charge in [-0.15, -0.1) is 0 Å². The highest BCUT2D eigenvalue weighted by atomic mass is 32.2. The Labute approximate surface area is 141 Å². The van der Waals surface area contributed by atoms with Gasteiger partial charge in [0.05, 0.1) is 27.9 Å². The van der Waals surface area contributed by atoms with Crippen LogP contribution in [0.5, 0.6) is 0 Å². The van der Waals surface area contributed by atoms with Crippen LogP contribution in [-0.4, -0.2) is 45.7 Å². The second-order valence-electron chi connectivity index (χ2n) is 6.41. The van der Waals surface area contributed by atoms with Crippen LogP contribution in [0.3, 0.4) is 0 Å². The summed E-state index contributed by atoms with van der Waals surface area (Å²) in [5.74, 6) is -1.43. The Morgan fingerprint density at radius 3 is 2.25 bits per heavy atom. The van der Waals surface area contributed by atoms with Crippen molar-refractivity contribution in [2.75, 3.05) is 16.6 Å². The lowest BCUT2D eigenvalue weighted by molar-refractivity contribution is -0.119. The van der Waals surface area contributed by atoms with Gasteiger partial charge in [0.1, 0.15) is 0 Å². The Morgan fingerprint density at radius 2 is 1.83 bits per heavy atom. The Hall–Kier alpha value is -1.49. The number of amides is 1. The van der Waals surface area contributed by atoms with Gasteiger partial charge in [-0.05, 0) is 38.1 Å². The van der Waals surface area contributed by atoms with E-state index in [1.54, 1.807) is 0 Å². The summed E-state index contributed by atoms with van der Waals surface area (Å²) in [4.78, 5) is 11.9. The Kier molecular flexibility index (Phi) is 4.79. The predicted octanol–water partition coefficient (Wildman–Crippen LogP) is 0.0483. The fourth-order valence-electron chi connectivity index (χ4n) is 2.20. The largest absolute Gasteiger partial charge is 0.389 e. The SMILES string of the molecule is CC1CS(=O)(=O)N(c2ccc(S(=O)(=O)NCC(C)(C)O)cc2)C1=O. The normalized spacial score (nSPS) is 21.2. The fraction of sp³-hybridized carbons (Fsp3) is 0.500. The molecule has 2 N–H and O–H groups in total. The van der Waals surface area contributed by atoms with Crippen LogP contribution in [0, 0.1) is 5.92 Å². The maximum absolute atomic E-state index is 12.1. The smallest absolute Gasteiger partial charge is 0.244 e. The lowest BCUT2D eigenvalue weighted by Gasteiger charge is -2.18. The van der Waals surface area contributed by atoms with E-state index < -0.39 is 37.5 Å². The molecule has 1 aliphatic heterocycles. The van der Waals surface area contributed by atoms with Crippen molar-refractivity contribution in [1.29, 1.82) is 0 Å². The van der Waals surface area contributed by atoms with E-state index in [-0.39, 0.29) is 22.9 Å². The fourth-order valence-corrected chi connectivity index (χ4v) is 5.23. The van der Waals surface area contributed by atoms with E-state index >= 15 is 0 Å². The summed E-state index contributed by atoms with van der Waals surface area (Å²) >= 11 is 0. The highest BCUT2D eigenvalue weighted by molar-refractivity contribution is 7.94. The monoisotopic (exact) mass is 376 g/mol. The molecule has 2 rings (SSSR count). The number of carbonyl (C=O) groups is 1. The van der Waals surface area contributed by atoms with Crippen LogP contribution in [-0.2, 0) is 24.8 Å². The lowest BCUT2D eigenvalue weighted by Crippen LogP contribution is -2.38. The van der Waals surface area contributed by atoms with Crippen molar-refractivity contribution in [3.63, 3.8) is 0 Å². The molecule has 1 saturated heterocycles. The van der Waals surface area contributed by atoms with E-state index in [2.05, 4.69) is 4.72 Å². The third kappa shape index (κ3) is 3.94. The number of hydrogen-bond acceptors (Lipinski definition) is 6. The number of nitrogens with one attached hydrogen (secondary N) is 1. The Morgan fingerprint density at radius 1 is 1.29 bits per heavy atom. The molecule has 1 aromatic rings. The van der Waals surface area contributed by atoms with Gasteiger partial charge in [0.25, 0.3) is 0 Å². The second kappa shape index (κ2) is 6.10. The van der Waals surface area contributed by atoms with Crippen LogP contribution in [0.2, 0.25) is 0 Å². The van der Waals surface area contributed by atoms with Crippen molar-refractivity contribution in [3.8, 4) is 0 Å². The molecule has 1 aromatic carbocycles. The van der Waals surface area contributed by atoms with Crippen LogP contribution < -0.4 is 9.03 Å². The van der Waals surface area contributed by atoms with Gasteiger partial charge in [-0.1, -0.05) is 6.92 Å². The average molecular weight is 376 g/mol. The third-order valence-electron chi connectivity index (χ3n) is 3.44. The number of sulfonamides is 2. The molecule has 1 atom stereocenters. The maximum Gasteiger partial charge on any atom is 0.244 e. The van der Waals surface area contributed by atoms with Gasteiger partial charge < -0.3 is 5.11 Å². The number of rotatable bonds is 5. The number of anilines is 1. The van der Waals surface area contributed by atoms with Gasteiger partial charge in [0, 0.05) is 6.54 Å². The summed E-state index contributed by atoms with van der Waals surface area (Å²) in [6.07, 6.45) is 0. The van der Waals surface area contributed by atoms with Gasteiger partial charge in [-0.25, -0.2) is 25.9 Å². The summed E-state index contributed by atoms with van der Waals surface area (Å²) < 4.78 is 51.3. The molecular weight excluding hydrogens is 356 g/mol. The summed E-state index contributed by atoms with van der Waals surface area (Å²) in [5, 5.41) is 9.59. The van der Waals surface area contributed by atoms with E-state index in [9.17, 15) is 26.7 Å². The first kappa shape index (κ1) is 18.8. The molecular formula is C14H20N2O6S2. The van der Waals surface area contributed by atoms with E-state index in [1.165, 1.54) is 45.0 Å². The second-order valence-corrected chi connectivity index (χ2v) is 10.0. The van der Waals surface area contributed by atoms with Gasteiger partial charge in [-0.3, -0.25) is 4.79 Å². The molecule has 10 heteroatoms. The molecule has 1 aliphatic rings. The summed E-state index contributed by atoms with van der Waals surface area (Å²) in [5.41, 5.74) is -1.11. The lowest BCUT2D eigenvalue weighted by atomic mass is 10.1. The Balaban J connectivity index is 2.27. The molecule has 0 spiro atoms. The number of hydrogen-bond donors (Lipinski definition) is 2. The van der Waals surface area contributed by atoms with E-state index in [1.807, 2.05) is 0 Å². The van der Waals surface area contributed by atoms with Crippen LogP contribution in [0.1, 0.15) is 20.8 Å². The van der Waals surface area contributed by atoms with E-state index in [4.69, 9.17) is 0 Å². The first-order valence-electron chi connectivity index (χ1n) is 7.22. The van der Waals surface area contributed by atoms with E-state index in [0.29, 0.717) is 4.31 Å². The van der Waals surface area contributed by atoms with Crippen molar-refractivity contribution in [1.82, 2.24) is 4.72 Å². The molecule has 134 valence electrons. The zero-order valence-electron chi connectivity index (χ0n) is 13.6. The first-order chi connectivity index (χ1) is 10.8. The highest BCUT2D eigenvalue weighted by Gasteiger charge is 2.41. The third-order valence-corrected chi connectivity index (χ3v) is 6.72. The molecule has 1 heterocycles. The van der Waals surface area contributed by atoms with Crippen LogP contribution in [0.4, 0.5) is 5.69 Å². The molecule has 0 radical (unpaired) electrons. The van der Waals surface area contributed by atoms with Crippen molar-refractivity contribution in [3.05, 3.63) is 24.3 Å². The van der Waals surface area contributed by atoms with Crippen molar-refractivity contribution < 1.29 is 26.7 Å². The number of carbonyl (C=O) groups excluding carboxylic acids is 1. The minimum atomic E-state index is -3.85. The average Bonchev–Trinajstić information content (AvgIpc) is 2.64. The molecule has 0 aromatic heterocycles. The number of nitrogens with zero attached hydrogens (tertiary/aromatic N) is 1. The van der Waals surface area contributed by atoms with Crippen molar-refractivity contribution in [2.45, 2.75) is 31.3 Å². The molecule has 24 heavy (non-hydrogen) atoms. The molecule has 0 bridgehead atoms. The standard InChI is InChI=1S/C14H20N2O6S2/c1-10-8-23(19,20)16(13(10)17)11-4-6-12(7-5-11)24(21,22)15-9-14(2,3)18/h4-7,10,15,18H,8-9H2,1-3H3. The zero-order chi connectivity index (χ0) is 18.3. The predicted molar refractivity (Wildman–Crippen MR) is 88.4 cm³/mol. The topological polar surface area (TPSA) is 121 Å². The maximum atomic E-state index is 12.1. The zero-order valence-corrected chi connectivity index (χ0v) is 15.2.